The fourth-order valence-electron chi connectivity index (χ4n) is 2.86. The number of hydrogen-bond acceptors (Lipinski definition) is 5. The number of fused-ring (bicyclic) bond motifs is 1. The van der Waals surface area contributed by atoms with Crippen LogP contribution in [0, 0.1) is 13.8 Å². The molecular weight excluding hydrogens is 332 g/mol. The van der Waals surface area contributed by atoms with E-state index < -0.39 is 17.7 Å². The largest absolute Gasteiger partial charge is 0.464 e. The van der Waals surface area contributed by atoms with Crippen LogP contribution in [-0.2, 0) is 20.7 Å². The first kappa shape index (κ1) is 20.1. The number of nitrogens with zero attached hydrogens (tertiary/aromatic N) is 1. The molecule has 0 bridgehead atoms. The molecule has 2 rings (SSSR count). The minimum Gasteiger partial charge on any atom is -0.464 e. The third-order valence-electron chi connectivity index (χ3n) is 4.30. The Labute approximate surface area is 155 Å². The van der Waals surface area contributed by atoms with E-state index in [1.165, 1.54) is 0 Å². The van der Waals surface area contributed by atoms with Gasteiger partial charge in [0.1, 0.15) is 5.60 Å². The van der Waals surface area contributed by atoms with Crippen LogP contribution in [0.4, 0.5) is 10.5 Å². The number of carbonyl (C=O) groups excluding carboxylic acids is 2. The quantitative estimate of drug-likeness (QED) is 0.637. The number of aryl methyl sites for hydroxylation is 2. The second kappa shape index (κ2) is 7.98. The summed E-state index contributed by atoms with van der Waals surface area (Å²) in [5.74, 6) is -0.332. The van der Waals surface area contributed by atoms with E-state index in [4.69, 9.17) is 9.47 Å². The summed E-state index contributed by atoms with van der Waals surface area (Å²) < 4.78 is 10.7. The maximum Gasteiger partial charge on any atom is 0.426 e. The summed E-state index contributed by atoms with van der Waals surface area (Å²) in [4.78, 5) is 24.9. The molecule has 1 aromatic rings. The second-order valence-corrected chi connectivity index (χ2v) is 7.79. The predicted octanol–water partition coefficient (Wildman–Crippen LogP) is 3.82. The Balaban J connectivity index is 2.24. The summed E-state index contributed by atoms with van der Waals surface area (Å²) in [7, 11) is 0. The van der Waals surface area contributed by atoms with Gasteiger partial charge < -0.3 is 9.47 Å². The van der Waals surface area contributed by atoms with Crippen molar-refractivity contribution in [1.29, 1.82) is 0 Å². The van der Waals surface area contributed by atoms with Crippen LogP contribution in [0.3, 0.4) is 0 Å². The lowest BCUT2D eigenvalue weighted by atomic mass is 10.0. The summed E-state index contributed by atoms with van der Waals surface area (Å²) in [6.45, 7) is 11.9. The summed E-state index contributed by atoms with van der Waals surface area (Å²) in [6.07, 6.45) is 1.69. The van der Waals surface area contributed by atoms with Gasteiger partial charge in [-0.1, -0.05) is 19.4 Å². The molecule has 1 aliphatic heterocycles. The summed E-state index contributed by atoms with van der Waals surface area (Å²) >= 11 is 0. The van der Waals surface area contributed by atoms with Crippen molar-refractivity contribution < 1.29 is 19.1 Å². The number of amides is 1. The first-order valence-corrected chi connectivity index (χ1v) is 9.18. The first-order chi connectivity index (χ1) is 12.1. The van der Waals surface area contributed by atoms with Crippen molar-refractivity contribution in [2.75, 3.05) is 11.6 Å². The van der Waals surface area contributed by atoms with Crippen LogP contribution in [0.15, 0.2) is 12.1 Å². The van der Waals surface area contributed by atoms with Gasteiger partial charge in [-0.15, -0.1) is 0 Å². The van der Waals surface area contributed by atoms with Gasteiger partial charge in [0, 0.05) is 6.42 Å². The third kappa shape index (κ3) is 4.90. The predicted molar refractivity (Wildman–Crippen MR) is 101 cm³/mol. The molecule has 0 saturated carbocycles. The normalized spacial score (nSPS) is 16.2. The highest BCUT2D eigenvalue weighted by atomic mass is 16.6. The summed E-state index contributed by atoms with van der Waals surface area (Å²) in [6, 6.07) is 3.46. The van der Waals surface area contributed by atoms with Crippen LogP contribution >= 0.6 is 0 Å². The fraction of sp³-hybridized carbons (Fsp3) is 0.600. The maximum atomic E-state index is 12.6. The molecule has 1 aliphatic rings. The number of unbranched alkanes of at least 4 members (excludes halogenated alkanes) is 1. The monoisotopic (exact) mass is 362 g/mol. The van der Waals surface area contributed by atoms with Gasteiger partial charge in [0.2, 0.25) is 0 Å². The van der Waals surface area contributed by atoms with Gasteiger partial charge in [-0.05, 0) is 63.8 Å². The van der Waals surface area contributed by atoms with Crippen molar-refractivity contribution in [3.05, 3.63) is 28.8 Å². The van der Waals surface area contributed by atoms with Gasteiger partial charge in [-0.3, -0.25) is 5.01 Å². The van der Waals surface area contributed by atoms with Gasteiger partial charge in [0.25, 0.3) is 0 Å². The van der Waals surface area contributed by atoms with Crippen LogP contribution in [-0.4, -0.2) is 30.3 Å². The lowest BCUT2D eigenvalue weighted by Gasteiger charge is -2.28. The van der Waals surface area contributed by atoms with E-state index in [9.17, 15) is 9.59 Å². The Morgan fingerprint density at radius 2 is 1.88 bits per heavy atom. The van der Waals surface area contributed by atoms with E-state index in [0.717, 1.165) is 35.2 Å². The molecule has 1 heterocycles. The van der Waals surface area contributed by atoms with Crippen molar-refractivity contribution in [2.45, 2.75) is 72.4 Å². The van der Waals surface area contributed by atoms with Gasteiger partial charge in [0.05, 0.1) is 12.3 Å². The maximum absolute atomic E-state index is 12.6. The highest BCUT2D eigenvalue weighted by Gasteiger charge is 2.38. The molecule has 0 aromatic heterocycles. The van der Waals surface area contributed by atoms with E-state index >= 15 is 0 Å². The molecular formula is C20H30N2O4. The van der Waals surface area contributed by atoms with Crippen molar-refractivity contribution in [3.8, 4) is 0 Å². The Bertz CT molecular complexity index is 679. The van der Waals surface area contributed by atoms with Crippen LogP contribution in [0.1, 0.15) is 57.2 Å². The average molecular weight is 362 g/mol. The molecule has 0 aliphatic carbocycles. The highest BCUT2D eigenvalue weighted by molar-refractivity contribution is 5.86. The first-order valence-electron chi connectivity index (χ1n) is 9.18. The zero-order chi connectivity index (χ0) is 19.5. The molecule has 1 N–H and O–H groups in total. The lowest BCUT2D eigenvalue weighted by Crippen LogP contribution is -2.52. The number of anilines is 1. The van der Waals surface area contributed by atoms with E-state index in [1.807, 2.05) is 26.8 Å². The minimum atomic E-state index is -0.618. The second-order valence-electron chi connectivity index (χ2n) is 7.79. The zero-order valence-corrected chi connectivity index (χ0v) is 16.6. The standard InChI is InChI=1S/C20H30N2O4/c1-7-8-9-25-18(23)17-12-15-10-13(2)14(3)11-16(15)22(17)21-19(24)26-20(4,5)6/h10-11,17H,7-9,12H2,1-6H3,(H,21,24). The zero-order valence-electron chi connectivity index (χ0n) is 16.6. The van der Waals surface area contributed by atoms with Crippen LogP contribution in [0.2, 0.25) is 0 Å². The molecule has 0 radical (unpaired) electrons. The van der Waals surface area contributed by atoms with Crippen molar-refractivity contribution >= 4 is 17.7 Å². The molecule has 1 unspecified atom stereocenters. The SMILES string of the molecule is CCCCOC(=O)C1Cc2cc(C)c(C)cc2N1NC(=O)OC(C)(C)C. The molecule has 26 heavy (non-hydrogen) atoms. The van der Waals surface area contributed by atoms with Gasteiger partial charge >= 0.3 is 12.1 Å². The number of benzene rings is 1. The number of esters is 1. The molecule has 0 fully saturated rings. The van der Waals surface area contributed by atoms with Gasteiger partial charge in [-0.25, -0.2) is 15.0 Å². The Morgan fingerprint density at radius 3 is 2.50 bits per heavy atom. The summed E-state index contributed by atoms with van der Waals surface area (Å²) in [5.41, 5.74) is 6.20. The van der Waals surface area contributed by atoms with Crippen molar-refractivity contribution in [3.63, 3.8) is 0 Å². The molecule has 1 amide bonds. The van der Waals surface area contributed by atoms with Gasteiger partial charge in [-0.2, -0.15) is 0 Å². The highest BCUT2D eigenvalue weighted by Crippen LogP contribution is 2.33. The van der Waals surface area contributed by atoms with Crippen molar-refractivity contribution in [1.82, 2.24) is 5.43 Å². The molecule has 0 saturated heterocycles. The van der Waals surface area contributed by atoms with E-state index in [2.05, 4.69) is 11.5 Å². The molecule has 0 spiro atoms. The summed E-state index contributed by atoms with van der Waals surface area (Å²) in [5, 5.41) is 1.59. The van der Waals surface area contributed by atoms with Crippen LogP contribution in [0.25, 0.3) is 0 Å². The Hall–Kier alpha value is -2.24. The number of hydrazine groups is 1. The van der Waals surface area contributed by atoms with E-state index in [0.29, 0.717) is 13.0 Å². The Morgan fingerprint density at radius 1 is 1.23 bits per heavy atom. The molecule has 1 atom stereocenters. The third-order valence-corrected chi connectivity index (χ3v) is 4.30. The van der Waals surface area contributed by atoms with Crippen molar-refractivity contribution in [2.24, 2.45) is 0 Å². The number of rotatable bonds is 5. The number of carbonyl (C=O) groups is 2. The average Bonchev–Trinajstić information content (AvgIpc) is 2.84. The molecule has 6 nitrogen and oxygen atoms in total. The smallest absolute Gasteiger partial charge is 0.426 e. The number of nitrogens with one attached hydrogen (secondary N) is 1. The van der Waals surface area contributed by atoms with Crippen LogP contribution < -0.4 is 10.4 Å². The van der Waals surface area contributed by atoms with Crippen LogP contribution in [0.5, 0.6) is 0 Å². The minimum absolute atomic E-state index is 0.332. The van der Waals surface area contributed by atoms with Gasteiger partial charge in [0.15, 0.2) is 6.04 Å². The fourth-order valence-corrected chi connectivity index (χ4v) is 2.86. The molecule has 144 valence electrons. The van der Waals surface area contributed by atoms with E-state index in [-0.39, 0.29) is 5.97 Å². The topological polar surface area (TPSA) is 67.9 Å². The number of hydrogen-bond donors (Lipinski definition) is 1. The van der Waals surface area contributed by atoms with E-state index in [1.54, 1.807) is 25.8 Å². The Kier molecular flexibility index (Phi) is 6.16. The molecule has 1 aromatic carbocycles. The molecule has 6 heteroatoms. The number of ether oxygens (including phenoxy) is 2. The lowest BCUT2D eigenvalue weighted by molar-refractivity contribution is -0.145.